The van der Waals surface area contributed by atoms with Gasteiger partial charge in [0, 0.05) is 12.6 Å². The molecular weight excluding hydrogens is 274 g/mol. The minimum atomic E-state index is -0.183. The van der Waals surface area contributed by atoms with E-state index in [2.05, 4.69) is 15.9 Å². The number of nitrogens with two attached hydrogens (primary N) is 1. The molecule has 1 aromatic carbocycles. The van der Waals surface area contributed by atoms with Crippen LogP contribution in [-0.2, 0) is 0 Å². The monoisotopic (exact) mass is 287 g/mol. The van der Waals surface area contributed by atoms with Gasteiger partial charge in [0.1, 0.15) is 13.2 Å². The van der Waals surface area contributed by atoms with Crippen molar-refractivity contribution in [2.24, 2.45) is 5.73 Å². The fourth-order valence-corrected chi connectivity index (χ4v) is 2.22. The molecule has 1 aromatic rings. The number of aliphatic hydroxyl groups is 1. The van der Waals surface area contributed by atoms with Crippen LogP contribution >= 0.6 is 15.9 Å². The number of fused-ring (bicyclic) bond motifs is 1. The molecule has 3 N–H and O–H groups in total. The van der Waals surface area contributed by atoms with Crippen LogP contribution in [-0.4, -0.2) is 24.9 Å². The predicted octanol–water partition coefficient (Wildman–Crippen LogP) is 1.60. The SMILES string of the molecule is NC(CCO)c1cc(Br)c2c(c1)OCCO2. The van der Waals surface area contributed by atoms with Gasteiger partial charge in [-0.15, -0.1) is 0 Å². The zero-order valence-electron chi connectivity index (χ0n) is 8.78. The fourth-order valence-electron chi connectivity index (χ4n) is 1.65. The Kier molecular flexibility index (Phi) is 3.68. The number of rotatable bonds is 3. The Balaban J connectivity index is 2.31. The lowest BCUT2D eigenvalue weighted by Crippen LogP contribution is -2.17. The van der Waals surface area contributed by atoms with Gasteiger partial charge in [0.05, 0.1) is 4.47 Å². The van der Waals surface area contributed by atoms with E-state index < -0.39 is 0 Å². The molecule has 1 aliphatic rings. The van der Waals surface area contributed by atoms with Crippen molar-refractivity contribution < 1.29 is 14.6 Å². The number of ether oxygens (including phenoxy) is 2. The first-order chi connectivity index (χ1) is 7.72. The van der Waals surface area contributed by atoms with E-state index in [4.69, 9.17) is 20.3 Å². The quantitative estimate of drug-likeness (QED) is 0.886. The van der Waals surface area contributed by atoms with Gasteiger partial charge < -0.3 is 20.3 Å². The highest BCUT2D eigenvalue weighted by atomic mass is 79.9. The number of aliphatic hydroxyl groups excluding tert-OH is 1. The van der Waals surface area contributed by atoms with Crippen LogP contribution in [0, 0.1) is 0 Å². The zero-order chi connectivity index (χ0) is 11.5. The normalized spacial score (nSPS) is 15.9. The van der Waals surface area contributed by atoms with Crippen LogP contribution in [0.2, 0.25) is 0 Å². The fraction of sp³-hybridized carbons (Fsp3) is 0.455. The Labute approximate surface area is 102 Å². The molecule has 0 fully saturated rings. The molecule has 1 heterocycles. The first kappa shape index (κ1) is 11.7. The van der Waals surface area contributed by atoms with Gasteiger partial charge in [0.2, 0.25) is 0 Å². The lowest BCUT2D eigenvalue weighted by atomic mass is 10.0. The maximum atomic E-state index is 8.86. The average Bonchev–Trinajstić information content (AvgIpc) is 2.29. The Bertz CT molecular complexity index is 384. The molecule has 2 rings (SSSR count). The molecular formula is C11H14BrNO3. The minimum absolute atomic E-state index is 0.0766. The highest BCUT2D eigenvalue weighted by molar-refractivity contribution is 9.10. The summed E-state index contributed by atoms with van der Waals surface area (Å²) < 4.78 is 11.8. The summed E-state index contributed by atoms with van der Waals surface area (Å²) in [4.78, 5) is 0. The second-order valence-electron chi connectivity index (χ2n) is 3.65. The van der Waals surface area contributed by atoms with Gasteiger partial charge in [-0.3, -0.25) is 0 Å². The molecule has 16 heavy (non-hydrogen) atoms. The van der Waals surface area contributed by atoms with Gasteiger partial charge >= 0.3 is 0 Å². The van der Waals surface area contributed by atoms with Gasteiger partial charge in [-0.1, -0.05) is 0 Å². The van der Waals surface area contributed by atoms with Crippen LogP contribution in [0.3, 0.4) is 0 Å². The number of halogens is 1. The van der Waals surface area contributed by atoms with Crippen molar-refractivity contribution in [2.45, 2.75) is 12.5 Å². The van der Waals surface area contributed by atoms with Gasteiger partial charge in [-0.25, -0.2) is 0 Å². The van der Waals surface area contributed by atoms with Crippen molar-refractivity contribution in [1.29, 1.82) is 0 Å². The van der Waals surface area contributed by atoms with Crippen molar-refractivity contribution in [3.05, 3.63) is 22.2 Å². The summed E-state index contributed by atoms with van der Waals surface area (Å²) >= 11 is 3.43. The van der Waals surface area contributed by atoms with Gasteiger partial charge in [0.25, 0.3) is 0 Å². The molecule has 0 aliphatic carbocycles. The molecule has 0 saturated carbocycles. The van der Waals surface area contributed by atoms with Crippen LogP contribution in [0.1, 0.15) is 18.0 Å². The molecule has 0 amide bonds. The summed E-state index contributed by atoms with van der Waals surface area (Å²) in [5, 5.41) is 8.86. The van der Waals surface area contributed by atoms with E-state index in [0.717, 1.165) is 15.8 Å². The summed E-state index contributed by atoms with van der Waals surface area (Å²) in [6, 6.07) is 3.60. The molecule has 1 atom stereocenters. The standard InChI is InChI=1S/C11H14BrNO3/c12-8-5-7(9(13)1-2-14)6-10-11(8)16-4-3-15-10/h5-6,9,14H,1-4,13H2. The van der Waals surface area contributed by atoms with E-state index in [1.54, 1.807) is 0 Å². The third-order valence-electron chi connectivity index (χ3n) is 2.49. The second-order valence-corrected chi connectivity index (χ2v) is 4.50. The summed E-state index contributed by atoms with van der Waals surface area (Å²) in [7, 11) is 0. The Morgan fingerprint density at radius 2 is 2.12 bits per heavy atom. The van der Waals surface area contributed by atoms with E-state index in [-0.39, 0.29) is 12.6 Å². The second kappa shape index (κ2) is 5.03. The van der Waals surface area contributed by atoms with E-state index >= 15 is 0 Å². The highest BCUT2D eigenvalue weighted by Gasteiger charge is 2.18. The average molecular weight is 288 g/mol. The molecule has 88 valence electrons. The molecule has 0 aromatic heterocycles. The van der Waals surface area contributed by atoms with Crippen molar-refractivity contribution in [1.82, 2.24) is 0 Å². The lowest BCUT2D eigenvalue weighted by molar-refractivity contribution is 0.170. The van der Waals surface area contributed by atoms with Crippen LogP contribution in [0.4, 0.5) is 0 Å². The highest BCUT2D eigenvalue weighted by Crippen LogP contribution is 2.39. The largest absolute Gasteiger partial charge is 0.486 e. The molecule has 0 saturated heterocycles. The van der Waals surface area contributed by atoms with Gasteiger partial charge in [-0.05, 0) is 40.0 Å². The minimum Gasteiger partial charge on any atom is -0.486 e. The third kappa shape index (κ3) is 2.31. The zero-order valence-corrected chi connectivity index (χ0v) is 10.4. The topological polar surface area (TPSA) is 64.7 Å². The van der Waals surface area contributed by atoms with Crippen LogP contribution in [0.25, 0.3) is 0 Å². The lowest BCUT2D eigenvalue weighted by Gasteiger charge is -2.21. The first-order valence-electron chi connectivity index (χ1n) is 5.18. The van der Waals surface area contributed by atoms with Crippen molar-refractivity contribution >= 4 is 15.9 Å². The molecule has 0 bridgehead atoms. The van der Waals surface area contributed by atoms with Crippen LogP contribution in [0.15, 0.2) is 16.6 Å². The maximum Gasteiger partial charge on any atom is 0.175 e. The predicted molar refractivity (Wildman–Crippen MR) is 63.8 cm³/mol. The third-order valence-corrected chi connectivity index (χ3v) is 3.08. The van der Waals surface area contributed by atoms with Crippen LogP contribution < -0.4 is 15.2 Å². The molecule has 5 heteroatoms. The van der Waals surface area contributed by atoms with Crippen molar-refractivity contribution in [3.63, 3.8) is 0 Å². The van der Waals surface area contributed by atoms with Crippen molar-refractivity contribution in [2.75, 3.05) is 19.8 Å². The summed E-state index contributed by atoms with van der Waals surface area (Å²) in [6.45, 7) is 1.19. The van der Waals surface area contributed by atoms with E-state index in [1.165, 1.54) is 0 Å². The van der Waals surface area contributed by atoms with E-state index in [1.807, 2.05) is 12.1 Å². The molecule has 4 nitrogen and oxygen atoms in total. The Morgan fingerprint density at radius 3 is 2.88 bits per heavy atom. The number of hydrogen-bond donors (Lipinski definition) is 2. The number of hydrogen-bond acceptors (Lipinski definition) is 4. The van der Waals surface area contributed by atoms with Crippen LogP contribution in [0.5, 0.6) is 11.5 Å². The molecule has 1 aliphatic heterocycles. The summed E-state index contributed by atoms with van der Waals surface area (Å²) in [6.07, 6.45) is 0.534. The summed E-state index contributed by atoms with van der Waals surface area (Å²) in [5.74, 6) is 1.44. The van der Waals surface area contributed by atoms with Gasteiger partial charge in [-0.2, -0.15) is 0 Å². The first-order valence-corrected chi connectivity index (χ1v) is 5.97. The van der Waals surface area contributed by atoms with Gasteiger partial charge in [0.15, 0.2) is 11.5 Å². The molecule has 0 spiro atoms. The summed E-state index contributed by atoms with van der Waals surface area (Å²) in [5.41, 5.74) is 6.87. The Hall–Kier alpha value is -0.780. The maximum absolute atomic E-state index is 8.86. The number of benzene rings is 1. The Morgan fingerprint density at radius 1 is 1.38 bits per heavy atom. The molecule has 1 unspecified atom stereocenters. The van der Waals surface area contributed by atoms with Crippen molar-refractivity contribution in [3.8, 4) is 11.5 Å². The van der Waals surface area contributed by atoms with E-state index in [0.29, 0.717) is 25.4 Å². The molecule has 0 radical (unpaired) electrons. The van der Waals surface area contributed by atoms with E-state index in [9.17, 15) is 0 Å². The smallest absolute Gasteiger partial charge is 0.175 e.